The highest BCUT2D eigenvalue weighted by atomic mass is 16.5. The summed E-state index contributed by atoms with van der Waals surface area (Å²) in [6.45, 7) is 8.94. The summed E-state index contributed by atoms with van der Waals surface area (Å²) in [6, 6.07) is 0.768. The molecule has 0 bridgehead atoms. The molecule has 0 aromatic carbocycles. The van der Waals surface area contributed by atoms with Crippen molar-refractivity contribution in [2.75, 3.05) is 39.4 Å². The van der Waals surface area contributed by atoms with Crippen LogP contribution in [-0.2, 0) is 4.74 Å². The van der Waals surface area contributed by atoms with Crippen LogP contribution in [0, 0.1) is 5.92 Å². The third-order valence-electron chi connectivity index (χ3n) is 3.87. The average Bonchev–Trinajstić information content (AvgIpc) is 2.71. The van der Waals surface area contributed by atoms with E-state index in [1.54, 1.807) is 0 Å². The largest absolute Gasteiger partial charge is 0.380 e. The summed E-state index contributed by atoms with van der Waals surface area (Å²) >= 11 is 0. The number of fused-ring (bicyclic) bond motifs is 1. The molecule has 3 nitrogen and oxygen atoms in total. The Morgan fingerprint density at radius 2 is 2.25 bits per heavy atom. The molecular formula is C13H26N2O. The third kappa shape index (κ3) is 3.44. The van der Waals surface area contributed by atoms with E-state index in [1.165, 1.54) is 45.3 Å². The minimum Gasteiger partial charge on any atom is -0.380 e. The first-order valence-electron chi connectivity index (χ1n) is 6.93. The molecule has 0 radical (unpaired) electrons. The standard InChI is InChI=1S/C13H26N2O/c1-2-3-8-16-9-7-15-10-12-5-4-6-14-13(12)11-15/h12-14H,2-11H2,1H3. The highest BCUT2D eigenvalue weighted by molar-refractivity contribution is 4.91. The van der Waals surface area contributed by atoms with Crippen molar-refractivity contribution in [1.82, 2.24) is 10.2 Å². The second-order valence-electron chi connectivity index (χ2n) is 5.19. The fourth-order valence-electron chi connectivity index (χ4n) is 2.86. The molecule has 2 aliphatic heterocycles. The van der Waals surface area contributed by atoms with Crippen molar-refractivity contribution in [2.45, 2.75) is 38.6 Å². The topological polar surface area (TPSA) is 24.5 Å². The van der Waals surface area contributed by atoms with Crippen LogP contribution >= 0.6 is 0 Å². The van der Waals surface area contributed by atoms with E-state index >= 15 is 0 Å². The van der Waals surface area contributed by atoms with Crippen LogP contribution in [0.2, 0.25) is 0 Å². The number of unbranched alkanes of at least 4 members (excludes halogenated alkanes) is 1. The van der Waals surface area contributed by atoms with Gasteiger partial charge in [-0.05, 0) is 31.7 Å². The predicted octanol–water partition coefficient (Wildman–Crippen LogP) is 1.49. The van der Waals surface area contributed by atoms with Gasteiger partial charge in [-0.3, -0.25) is 4.90 Å². The van der Waals surface area contributed by atoms with E-state index in [2.05, 4.69) is 17.1 Å². The first-order chi connectivity index (χ1) is 7.90. The van der Waals surface area contributed by atoms with Gasteiger partial charge in [0.05, 0.1) is 6.61 Å². The molecule has 0 saturated carbocycles. The summed E-state index contributed by atoms with van der Waals surface area (Å²) < 4.78 is 5.63. The van der Waals surface area contributed by atoms with Crippen LogP contribution in [0.1, 0.15) is 32.6 Å². The van der Waals surface area contributed by atoms with Crippen LogP contribution in [0.25, 0.3) is 0 Å². The van der Waals surface area contributed by atoms with Gasteiger partial charge in [-0.2, -0.15) is 0 Å². The molecule has 2 heterocycles. The Bertz CT molecular complexity index is 184. The lowest BCUT2D eigenvalue weighted by Crippen LogP contribution is -2.40. The highest BCUT2D eigenvalue weighted by Gasteiger charge is 2.33. The maximum atomic E-state index is 5.63. The van der Waals surface area contributed by atoms with Gasteiger partial charge in [0.25, 0.3) is 0 Å². The van der Waals surface area contributed by atoms with E-state index in [-0.39, 0.29) is 0 Å². The fourth-order valence-corrected chi connectivity index (χ4v) is 2.86. The molecule has 0 aromatic rings. The summed E-state index contributed by atoms with van der Waals surface area (Å²) in [5.74, 6) is 0.907. The number of ether oxygens (including phenoxy) is 1. The van der Waals surface area contributed by atoms with Gasteiger partial charge in [0, 0.05) is 32.3 Å². The zero-order valence-corrected chi connectivity index (χ0v) is 10.6. The van der Waals surface area contributed by atoms with E-state index in [0.29, 0.717) is 0 Å². The SMILES string of the molecule is CCCCOCCN1CC2CCCNC2C1. The molecule has 1 N–H and O–H groups in total. The van der Waals surface area contributed by atoms with Gasteiger partial charge >= 0.3 is 0 Å². The number of piperidine rings is 1. The number of hydrogen-bond acceptors (Lipinski definition) is 3. The van der Waals surface area contributed by atoms with E-state index in [1.807, 2.05) is 0 Å². The molecule has 2 fully saturated rings. The Balaban J connectivity index is 1.57. The molecule has 16 heavy (non-hydrogen) atoms. The second-order valence-corrected chi connectivity index (χ2v) is 5.19. The summed E-state index contributed by atoms with van der Waals surface area (Å²) in [5, 5.41) is 3.64. The van der Waals surface area contributed by atoms with Crippen molar-refractivity contribution >= 4 is 0 Å². The van der Waals surface area contributed by atoms with Crippen LogP contribution in [0.3, 0.4) is 0 Å². The zero-order valence-electron chi connectivity index (χ0n) is 10.6. The lowest BCUT2D eigenvalue weighted by atomic mass is 9.94. The molecule has 0 amide bonds. The van der Waals surface area contributed by atoms with Gasteiger partial charge in [0.2, 0.25) is 0 Å². The molecule has 3 heteroatoms. The van der Waals surface area contributed by atoms with Crippen molar-refractivity contribution in [3.05, 3.63) is 0 Å². The normalized spacial score (nSPS) is 30.6. The molecule has 2 atom stereocenters. The Hall–Kier alpha value is -0.120. The number of nitrogens with one attached hydrogen (secondary N) is 1. The average molecular weight is 226 g/mol. The lowest BCUT2D eigenvalue weighted by molar-refractivity contribution is 0.107. The number of likely N-dealkylation sites (tertiary alicyclic amines) is 1. The van der Waals surface area contributed by atoms with Crippen LogP contribution in [0.5, 0.6) is 0 Å². The van der Waals surface area contributed by atoms with Crippen LogP contribution in [-0.4, -0.2) is 50.3 Å². The van der Waals surface area contributed by atoms with Crippen molar-refractivity contribution in [2.24, 2.45) is 5.92 Å². The van der Waals surface area contributed by atoms with Gasteiger partial charge in [0.15, 0.2) is 0 Å². The van der Waals surface area contributed by atoms with E-state index in [9.17, 15) is 0 Å². The fraction of sp³-hybridized carbons (Fsp3) is 1.00. The molecule has 2 rings (SSSR count). The highest BCUT2D eigenvalue weighted by Crippen LogP contribution is 2.24. The van der Waals surface area contributed by atoms with Crippen molar-refractivity contribution in [3.63, 3.8) is 0 Å². The van der Waals surface area contributed by atoms with Crippen molar-refractivity contribution < 1.29 is 4.74 Å². The smallest absolute Gasteiger partial charge is 0.0593 e. The minimum atomic E-state index is 0.768. The monoisotopic (exact) mass is 226 g/mol. The maximum absolute atomic E-state index is 5.63. The molecule has 0 aliphatic carbocycles. The Kier molecular flexibility index (Phi) is 5.07. The molecule has 94 valence electrons. The molecule has 0 spiro atoms. The van der Waals surface area contributed by atoms with Gasteiger partial charge in [0.1, 0.15) is 0 Å². The van der Waals surface area contributed by atoms with E-state index < -0.39 is 0 Å². The van der Waals surface area contributed by atoms with Crippen LogP contribution in [0.4, 0.5) is 0 Å². The Morgan fingerprint density at radius 3 is 3.06 bits per heavy atom. The van der Waals surface area contributed by atoms with Crippen molar-refractivity contribution in [3.8, 4) is 0 Å². The molecule has 0 aromatic heterocycles. The van der Waals surface area contributed by atoms with Gasteiger partial charge in [-0.15, -0.1) is 0 Å². The Morgan fingerprint density at radius 1 is 1.31 bits per heavy atom. The van der Waals surface area contributed by atoms with Gasteiger partial charge in [-0.1, -0.05) is 13.3 Å². The van der Waals surface area contributed by atoms with Gasteiger partial charge < -0.3 is 10.1 Å². The summed E-state index contributed by atoms with van der Waals surface area (Å²) in [5.41, 5.74) is 0. The van der Waals surface area contributed by atoms with E-state index in [0.717, 1.165) is 31.7 Å². The number of rotatable bonds is 6. The van der Waals surface area contributed by atoms with Gasteiger partial charge in [-0.25, -0.2) is 0 Å². The van der Waals surface area contributed by atoms with Crippen LogP contribution in [0.15, 0.2) is 0 Å². The first kappa shape index (κ1) is 12.3. The number of hydrogen-bond donors (Lipinski definition) is 1. The Labute approximate surface area is 99.5 Å². The second kappa shape index (κ2) is 6.58. The number of nitrogens with zero attached hydrogens (tertiary/aromatic N) is 1. The predicted molar refractivity (Wildman–Crippen MR) is 66.7 cm³/mol. The molecule has 2 saturated heterocycles. The summed E-state index contributed by atoms with van der Waals surface area (Å²) in [4.78, 5) is 2.57. The van der Waals surface area contributed by atoms with Crippen molar-refractivity contribution in [1.29, 1.82) is 0 Å². The molecule has 2 unspecified atom stereocenters. The summed E-state index contributed by atoms with van der Waals surface area (Å²) in [6.07, 6.45) is 5.22. The lowest BCUT2D eigenvalue weighted by Gasteiger charge is -2.24. The zero-order chi connectivity index (χ0) is 11.2. The maximum Gasteiger partial charge on any atom is 0.0593 e. The first-order valence-corrected chi connectivity index (χ1v) is 6.93. The van der Waals surface area contributed by atoms with Crippen LogP contribution < -0.4 is 5.32 Å². The third-order valence-corrected chi connectivity index (χ3v) is 3.87. The molecule has 2 aliphatic rings. The van der Waals surface area contributed by atoms with E-state index in [4.69, 9.17) is 4.74 Å². The minimum absolute atomic E-state index is 0.768. The summed E-state index contributed by atoms with van der Waals surface area (Å²) in [7, 11) is 0. The quantitative estimate of drug-likeness (QED) is 0.694. The molecular weight excluding hydrogens is 200 g/mol.